The molecule has 0 radical (unpaired) electrons. The Bertz CT molecular complexity index is 397. The fourth-order valence-electron chi connectivity index (χ4n) is 2.60. The lowest BCUT2D eigenvalue weighted by atomic mass is 9.89. The topological polar surface area (TPSA) is 55.6 Å². The second kappa shape index (κ2) is 7.53. The maximum atomic E-state index is 5.38. The van der Waals surface area contributed by atoms with E-state index in [4.69, 9.17) is 12.2 Å². The molecule has 0 saturated heterocycles. The maximum Gasteiger partial charge on any atom is 0.150 e. The van der Waals surface area contributed by atoms with Crippen LogP contribution in [0.15, 0.2) is 0 Å². The molecule has 6 heteroatoms. The molecule has 1 saturated carbocycles. The van der Waals surface area contributed by atoms with E-state index in [1.165, 1.54) is 32.1 Å². The van der Waals surface area contributed by atoms with E-state index < -0.39 is 0 Å². The average molecular weight is 281 g/mol. The van der Waals surface area contributed by atoms with Crippen molar-refractivity contribution in [2.24, 2.45) is 13.0 Å². The third-order valence-corrected chi connectivity index (χ3v) is 4.17. The fourth-order valence-corrected chi connectivity index (χ4v) is 2.83. The highest BCUT2D eigenvalue weighted by molar-refractivity contribution is 7.80. The summed E-state index contributed by atoms with van der Waals surface area (Å²) in [6.07, 6.45) is 9.72. The molecule has 0 spiro atoms. The van der Waals surface area contributed by atoms with E-state index in [1.54, 1.807) is 4.68 Å². The first kappa shape index (κ1) is 14.4. The molecule has 2 rings (SSSR count). The van der Waals surface area contributed by atoms with E-state index in [0.29, 0.717) is 0 Å². The molecule has 1 aliphatic carbocycles. The second-order valence-corrected chi connectivity index (χ2v) is 5.87. The van der Waals surface area contributed by atoms with Crippen molar-refractivity contribution >= 4 is 17.2 Å². The standard InChI is InChI=1S/C13H23N5S/c1-18-12(15-16-17-18)8-5-9-13(19)14-10-11-6-3-2-4-7-11/h11H,2-10H2,1H3,(H,14,19). The largest absolute Gasteiger partial charge is 0.379 e. The third-order valence-electron chi connectivity index (χ3n) is 3.82. The minimum absolute atomic E-state index is 0.828. The minimum Gasteiger partial charge on any atom is -0.379 e. The molecule has 1 fully saturated rings. The van der Waals surface area contributed by atoms with Crippen molar-refractivity contribution in [3.8, 4) is 0 Å². The summed E-state index contributed by atoms with van der Waals surface area (Å²) < 4.78 is 1.72. The molecule has 1 aromatic rings. The van der Waals surface area contributed by atoms with E-state index in [2.05, 4.69) is 20.8 Å². The Morgan fingerprint density at radius 2 is 2.16 bits per heavy atom. The van der Waals surface area contributed by atoms with Crippen LogP contribution in [0.5, 0.6) is 0 Å². The van der Waals surface area contributed by atoms with Crippen molar-refractivity contribution in [3.05, 3.63) is 5.82 Å². The predicted octanol–water partition coefficient (Wildman–Crippen LogP) is 2.03. The van der Waals surface area contributed by atoms with E-state index in [-0.39, 0.29) is 0 Å². The lowest BCUT2D eigenvalue weighted by molar-refractivity contribution is 0.356. The number of thiocarbonyl (C=S) groups is 1. The normalized spacial score (nSPS) is 16.5. The van der Waals surface area contributed by atoms with Gasteiger partial charge in [0, 0.05) is 20.0 Å². The third kappa shape index (κ3) is 4.86. The van der Waals surface area contributed by atoms with Crippen LogP contribution in [0, 0.1) is 5.92 Å². The van der Waals surface area contributed by atoms with E-state index in [0.717, 1.165) is 42.5 Å². The lowest BCUT2D eigenvalue weighted by Crippen LogP contribution is -2.29. The minimum atomic E-state index is 0.828. The van der Waals surface area contributed by atoms with Crippen molar-refractivity contribution in [1.29, 1.82) is 0 Å². The molecular formula is C13H23N5S. The quantitative estimate of drug-likeness (QED) is 0.809. The number of aryl methyl sites for hydroxylation is 2. The first-order valence-corrected chi connectivity index (χ1v) is 7.64. The Balaban J connectivity index is 1.58. The molecule has 0 unspecified atom stereocenters. The highest BCUT2D eigenvalue weighted by Gasteiger charge is 2.13. The highest BCUT2D eigenvalue weighted by Crippen LogP contribution is 2.22. The zero-order valence-electron chi connectivity index (χ0n) is 11.6. The molecule has 1 aromatic heterocycles. The van der Waals surface area contributed by atoms with Crippen molar-refractivity contribution in [1.82, 2.24) is 25.5 Å². The molecule has 0 aromatic carbocycles. The molecule has 0 amide bonds. The van der Waals surface area contributed by atoms with Gasteiger partial charge in [-0.3, -0.25) is 0 Å². The Hall–Kier alpha value is -1.04. The van der Waals surface area contributed by atoms with Gasteiger partial charge in [-0.25, -0.2) is 4.68 Å². The van der Waals surface area contributed by atoms with Crippen LogP contribution in [0.1, 0.15) is 50.8 Å². The Morgan fingerprint density at radius 3 is 2.84 bits per heavy atom. The summed E-state index contributed by atoms with van der Waals surface area (Å²) in [6.45, 7) is 1.06. The van der Waals surface area contributed by atoms with Crippen LogP contribution in [-0.4, -0.2) is 31.7 Å². The highest BCUT2D eigenvalue weighted by atomic mass is 32.1. The summed E-state index contributed by atoms with van der Waals surface area (Å²) in [5.41, 5.74) is 0. The SMILES string of the molecule is Cn1nnnc1CCCC(=S)NCC1CCCCC1. The van der Waals surface area contributed by atoms with Crippen LogP contribution in [-0.2, 0) is 13.5 Å². The smallest absolute Gasteiger partial charge is 0.150 e. The summed E-state index contributed by atoms with van der Waals surface area (Å²) in [5, 5.41) is 14.8. The zero-order chi connectivity index (χ0) is 13.5. The van der Waals surface area contributed by atoms with Gasteiger partial charge in [-0.2, -0.15) is 0 Å². The summed E-state index contributed by atoms with van der Waals surface area (Å²) in [6, 6.07) is 0. The zero-order valence-corrected chi connectivity index (χ0v) is 12.5. The van der Waals surface area contributed by atoms with Crippen molar-refractivity contribution < 1.29 is 0 Å². The summed E-state index contributed by atoms with van der Waals surface area (Å²) in [7, 11) is 1.87. The number of aromatic nitrogens is 4. The number of tetrazole rings is 1. The molecule has 1 heterocycles. The van der Waals surface area contributed by atoms with Gasteiger partial charge in [-0.05, 0) is 42.0 Å². The average Bonchev–Trinajstić information content (AvgIpc) is 2.83. The summed E-state index contributed by atoms with van der Waals surface area (Å²) >= 11 is 5.38. The first-order chi connectivity index (χ1) is 9.25. The maximum absolute atomic E-state index is 5.38. The van der Waals surface area contributed by atoms with E-state index in [1.807, 2.05) is 7.05 Å². The lowest BCUT2D eigenvalue weighted by Gasteiger charge is -2.22. The monoisotopic (exact) mass is 281 g/mol. The summed E-state index contributed by atoms with van der Waals surface area (Å²) in [4.78, 5) is 0.987. The van der Waals surface area contributed by atoms with Gasteiger partial charge in [0.15, 0.2) is 5.82 Å². The van der Waals surface area contributed by atoms with Gasteiger partial charge in [-0.1, -0.05) is 31.5 Å². The van der Waals surface area contributed by atoms with Crippen molar-refractivity contribution in [3.63, 3.8) is 0 Å². The van der Waals surface area contributed by atoms with Gasteiger partial charge in [0.1, 0.15) is 0 Å². The number of rotatable bonds is 6. The molecular weight excluding hydrogens is 258 g/mol. The predicted molar refractivity (Wildman–Crippen MR) is 78.9 cm³/mol. The van der Waals surface area contributed by atoms with Crippen LogP contribution in [0.25, 0.3) is 0 Å². The second-order valence-electron chi connectivity index (χ2n) is 5.38. The van der Waals surface area contributed by atoms with Crippen LogP contribution in [0.2, 0.25) is 0 Å². The molecule has 19 heavy (non-hydrogen) atoms. The van der Waals surface area contributed by atoms with Gasteiger partial charge in [0.25, 0.3) is 0 Å². The van der Waals surface area contributed by atoms with Crippen LogP contribution < -0.4 is 5.32 Å². The molecule has 0 bridgehead atoms. The van der Waals surface area contributed by atoms with Crippen LogP contribution >= 0.6 is 12.2 Å². The molecule has 0 aliphatic heterocycles. The van der Waals surface area contributed by atoms with Gasteiger partial charge < -0.3 is 5.32 Å². The molecule has 1 aliphatic rings. The van der Waals surface area contributed by atoms with Gasteiger partial charge in [0.2, 0.25) is 0 Å². The van der Waals surface area contributed by atoms with Crippen LogP contribution in [0.3, 0.4) is 0 Å². The van der Waals surface area contributed by atoms with Gasteiger partial charge in [0.05, 0.1) is 4.99 Å². The van der Waals surface area contributed by atoms with E-state index in [9.17, 15) is 0 Å². The van der Waals surface area contributed by atoms with Gasteiger partial charge >= 0.3 is 0 Å². The Kier molecular flexibility index (Phi) is 5.69. The van der Waals surface area contributed by atoms with Gasteiger partial charge in [-0.15, -0.1) is 5.10 Å². The summed E-state index contributed by atoms with van der Waals surface area (Å²) in [5.74, 6) is 1.75. The molecule has 5 nitrogen and oxygen atoms in total. The molecule has 106 valence electrons. The van der Waals surface area contributed by atoms with Crippen molar-refractivity contribution in [2.75, 3.05) is 6.54 Å². The Labute approximate surface area is 120 Å². The Morgan fingerprint density at radius 1 is 1.37 bits per heavy atom. The van der Waals surface area contributed by atoms with Crippen LogP contribution in [0.4, 0.5) is 0 Å². The number of nitrogens with one attached hydrogen (secondary N) is 1. The fraction of sp³-hybridized carbons (Fsp3) is 0.846. The number of hydrogen-bond donors (Lipinski definition) is 1. The van der Waals surface area contributed by atoms with E-state index >= 15 is 0 Å². The number of nitrogens with zero attached hydrogens (tertiary/aromatic N) is 4. The molecule has 0 atom stereocenters. The van der Waals surface area contributed by atoms with Crippen molar-refractivity contribution in [2.45, 2.75) is 51.4 Å². The number of hydrogen-bond acceptors (Lipinski definition) is 4. The molecule has 1 N–H and O–H groups in total. The first-order valence-electron chi connectivity index (χ1n) is 7.23.